The van der Waals surface area contributed by atoms with Gasteiger partial charge >= 0.3 is 0 Å². The summed E-state index contributed by atoms with van der Waals surface area (Å²) < 4.78 is 24.3. The van der Waals surface area contributed by atoms with Gasteiger partial charge in [-0.2, -0.15) is 0 Å². The summed E-state index contributed by atoms with van der Waals surface area (Å²) in [5.74, 6) is 1.71. The maximum atomic E-state index is 13.1. The second kappa shape index (κ2) is 9.35. The zero-order valence-electron chi connectivity index (χ0n) is 13.8. The molecule has 1 fully saturated rings. The Morgan fingerprint density at radius 2 is 2.22 bits per heavy atom. The molecule has 0 spiro atoms. The van der Waals surface area contributed by atoms with E-state index in [0.29, 0.717) is 31.4 Å². The van der Waals surface area contributed by atoms with E-state index in [4.69, 9.17) is 9.47 Å². The highest BCUT2D eigenvalue weighted by Gasteiger charge is 2.20. The van der Waals surface area contributed by atoms with Crippen LogP contribution in [0.15, 0.2) is 29.3 Å². The van der Waals surface area contributed by atoms with E-state index in [0.717, 1.165) is 12.5 Å². The van der Waals surface area contributed by atoms with Gasteiger partial charge in [0.2, 0.25) is 0 Å². The number of hydrogen-bond donors (Lipinski definition) is 2. The van der Waals surface area contributed by atoms with E-state index in [1.54, 1.807) is 19.2 Å². The third-order valence-electron chi connectivity index (χ3n) is 3.50. The van der Waals surface area contributed by atoms with Gasteiger partial charge in [0, 0.05) is 26.3 Å². The van der Waals surface area contributed by atoms with Crippen LogP contribution >= 0.6 is 0 Å². The maximum absolute atomic E-state index is 13.1. The Bertz CT molecular complexity index is 506. The van der Waals surface area contributed by atoms with E-state index in [1.807, 2.05) is 6.92 Å². The molecule has 1 unspecified atom stereocenters. The monoisotopic (exact) mass is 323 g/mol. The number of benzene rings is 1. The number of halogens is 1. The molecule has 0 amide bonds. The SMILES string of the molecule is CN=C(NCCOCC1CC1)NCC(C)Oc1cccc(F)c1. The van der Waals surface area contributed by atoms with E-state index < -0.39 is 0 Å². The molecule has 2 rings (SSSR count). The van der Waals surface area contributed by atoms with Crippen LogP contribution in [0.2, 0.25) is 0 Å². The van der Waals surface area contributed by atoms with Gasteiger partial charge in [0.05, 0.1) is 13.2 Å². The van der Waals surface area contributed by atoms with Gasteiger partial charge in [0.1, 0.15) is 17.7 Å². The van der Waals surface area contributed by atoms with Gasteiger partial charge in [0.25, 0.3) is 0 Å². The molecular formula is C17H26FN3O2. The van der Waals surface area contributed by atoms with Gasteiger partial charge in [-0.3, -0.25) is 4.99 Å². The Labute approximate surface area is 137 Å². The van der Waals surface area contributed by atoms with Crippen LogP contribution in [0, 0.1) is 11.7 Å². The van der Waals surface area contributed by atoms with Crippen LogP contribution in [0.3, 0.4) is 0 Å². The molecule has 1 aliphatic rings. The fraction of sp³-hybridized carbons (Fsp3) is 0.588. The van der Waals surface area contributed by atoms with Crippen molar-refractivity contribution in [2.24, 2.45) is 10.9 Å². The fourth-order valence-electron chi connectivity index (χ4n) is 2.05. The number of rotatable bonds is 9. The molecule has 1 aliphatic carbocycles. The van der Waals surface area contributed by atoms with Crippen molar-refractivity contribution in [3.8, 4) is 5.75 Å². The fourth-order valence-corrected chi connectivity index (χ4v) is 2.05. The molecule has 6 heteroatoms. The van der Waals surface area contributed by atoms with Crippen LogP contribution in [0.1, 0.15) is 19.8 Å². The van der Waals surface area contributed by atoms with Crippen LogP contribution in [0.4, 0.5) is 4.39 Å². The van der Waals surface area contributed by atoms with E-state index in [9.17, 15) is 4.39 Å². The van der Waals surface area contributed by atoms with Gasteiger partial charge in [-0.05, 0) is 37.8 Å². The van der Waals surface area contributed by atoms with Crippen molar-refractivity contribution in [2.75, 3.05) is 33.4 Å². The Balaban J connectivity index is 1.59. The molecule has 5 nitrogen and oxygen atoms in total. The standard InChI is InChI=1S/C17H26FN3O2/c1-13(23-16-5-3-4-15(18)10-16)11-21-17(19-2)20-8-9-22-12-14-6-7-14/h3-5,10,13-14H,6-9,11-12H2,1-2H3,(H2,19,20,21). The average molecular weight is 323 g/mol. The number of nitrogens with zero attached hydrogens (tertiary/aromatic N) is 1. The summed E-state index contributed by atoms with van der Waals surface area (Å²) in [6, 6.07) is 6.14. The quantitative estimate of drug-likeness (QED) is 0.415. The molecule has 0 saturated heterocycles. The Kier molecular flexibility index (Phi) is 7.13. The first-order valence-electron chi connectivity index (χ1n) is 8.12. The van der Waals surface area contributed by atoms with E-state index in [-0.39, 0.29) is 11.9 Å². The summed E-state index contributed by atoms with van der Waals surface area (Å²) in [5.41, 5.74) is 0. The third-order valence-corrected chi connectivity index (χ3v) is 3.50. The molecule has 1 aromatic carbocycles. The zero-order chi connectivity index (χ0) is 16.5. The Hall–Kier alpha value is -1.82. The largest absolute Gasteiger partial charge is 0.489 e. The summed E-state index contributed by atoms with van der Waals surface area (Å²) in [6.45, 7) is 4.74. The molecule has 0 aliphatic heterocycles. The number of ether oxygens (including phenoxy) is 2. The molecule has 0 aromatic heterocycles. The van der Waals surface area contributed by atoms with Crippen LogP contribution < -0.4 is 15.4 Å². The molecule has 0 bridgehead atoms. The lowest BCUT2D eigenvalue weighted by molar-refractivity contribution is 0.129. The van der Waals surface area contributed by atoms with Gasteiger partial charge in [-0.15, -0.1) is 0 Å². The second-order valence-corrected chi connectivity index (χ2v) is 5.78. The molecule has 128 valence electrons. The van der Waals surface area contributed by atoms with E-state index in [1.165, 1.54) is 25.0 Å². The lowest BCUT2D eigenvalue weighted by atomic mass is 10.3. The molecule has 1 atom stereocenters. The summed E-state index contributed by atoms with van der Waals surface area (Å²) in [6.07, 6.45) is 2.50. The minimum atomic E-state index is -0.300. The van der Waals surface area contributed by atoms with E-state index in [2.05, 4.69) is 15.6 Å². The number of nitrogens with one attached hydrogen (secondary N) is 2. The van der Waals surface area contributed by atoms with Crippen LogP contribution in [-0.2, 0) is 4.74 Å². The van der Waals surface area contributed by atoms with Crippen molar-refractivity contribution in [1.29, 1.82) is 0 Å². The van der Waals surface area contributed by atoms with Crippen molar-refractivity contribution in [3.05, 3.63) is 30.1 Å². The van der Waals surface area contributed by atoms with Crippen LogP contribution in [0.25, 0.3) is 0 Å². The first-order chi connectivity index (χ1) is 11.2. The van der Waals surface area contributed by atoms with Gasteiger partial charge in [-0.25, -0.2) is 4.39 Å². The highest BCUT2D eigenvalue weighted by molar-refractivity contribution is 5.79. The predicted octanol–water partition coefficient (Wildman–Crippen LogP) is 2.18. The Morgan fingerprint density at radius 3 is 2.91 bits per heavy atom. The minimum absolute atomic E-state index is 0.110. The maximum Gasteiger partial charge on any atom is 0.191 e. The summed E-state index contributed by atoms with van der Waals surface area (Å²) in [4.78, 5) is 4.15. The second-order valence-electron chi connectivity index (χ2n) is 5.78. The molecular weight excluding hydrogens is 297 g/mol. The van der Waals surface area contributed by atoms with E-state index >= 15 is 0 Å². The van der Waals surface area contributed by atoms with Crippen LogP contribution in [0.5, 0.6) is 5.75 Å². The van der Waals surface area contributed by atoms with Crippen molar-refractivity contribution in [3.63, 3.8) is 0 Å². The predicted molar refractivity (Wildman–Crippen MR) is 89.4 cm³/mol. The zero-order valence-corrected chi connectivity index (χ0v) is 13.8. The highest BCUT2D eigenvalue weighted by Crippen LogP contribution is 2.28. The Morgan fingerprint density at radius 1 is 1.39 bits per heavy atom. The van der Waals surface area contributed by atoms with Crippen molar-refractivity contribution in [2.45, 2.75) is 25.9 Å². The van der Waals surface area contributed by atoms with Crippen molar-refractivity contribution in [1.82, 2.24) is 10.6 Å². The lowest BCUT2D eigenvalue weighted by Crippen LogP contribution is -2.42. The third kappa shape index (κ3) is 7.32. The molecule has 1 aromatic rings. The topological polar surface area (TPSA) is 54.9 Å². The molecule has 2 N–H and O–H groups in total. The molecule has 0 heterocycles. The smallest absolute Gasteiger partial charge is 0.191 e. The van der Waals surface area contributed by atoms with Crippen LogP contribution in [-0.4, -0.2) is 45.4 Å². The average Bonchev–Trinajstić information content (AvgIpc) is 3.34. The minimum Gasteiger partial charge on any atom is -0.489 e. The van der Waals surface area contributed by atoms with Crippen molar-refractivity contribution < 1.29 is 13.9 Å². The lowest BCUT2D eigenvalue weighted by Gasteiger charge is -2.17. The number of aliphatic imine (C=N–C) groups is 1. The number of guanidine groups is 1. The highest BCUT2D eigenvalue weighted by atomic mass is 19.1. The van der Waals surface area contributed by atoms with Gasteiger partial charge < -0.3 is 20.1 Å². The van der Waals surface area contributed by atoms with Gasteiger partial charge in [-0.1, -0.05) is 6.07 Å². The molecule has 23 heavy (non-hydrogen) atoms. The van der Waals surface area contributed by atoms with Gasteiger partial charge in [0.15, 0.2) is 5.96 Å². The normalized spacial score (nSPS) is 16.0. The summed E-state index contributed by atoms with van der Waals surface area (Å²) in [5, 5.41) is 6.37. The summed E-state index contributed by atoms with van der Waals surface area (Å²) in [7, 11) is 1.72. The number of hydrogen-bond acceptors (Lipinski definition) is 3. The first-order valence-corrected chi connectivity index (χ1v) is 8.12. The molecule has 1 saturated carbocycles. The first kappa shape index (κ1) is 17.5. The summed E-state index contributed by atoms with van der Waals surface area (Å²) >= 11 is 0. The molecule has 0 radical (unpaired) electrons. The van der Waals surface area contributed by atoms with Crippen molar-refractivity contribution >= 4 is 5.96 Å².